The Hall–Kier alpha value is -3.00. The molecule has 2 N–H and O–H groups in total. The molecule has 92 valence electrons. The molecule has 0 amide bonds. The number of nitrogens with zero attached hydrogens (tertiary/aromatic N) is 2. The third-order valence-electron chi connectivity index (χ3n) is 2.67. The van der Waals surface area contributed by atoms with Crippen LogP contribution in [0.4, 0.5) is 5.69 Å². The summed E-state index contributed by atoms with van der Waals surface area (Å²) in [6, 6.07) is 10.9. The van der Waals surface area contributed by atoms with Crippen LogP contribution in [-0.4, -0.2) is 4.98 Å². The molecule has 3 aromatic rings. The van der Waals surface area contributed by atoms with E-state index in [2.05, 4.69) is 4.98 Å². The molecule has 5 nitrogen and oxygen atoms in total. The van der Waals surface area contributed by atoms with E-state index in [1.54, 1.807) is 18.3 Å². The molecule has 0 aliphatic heterocycles. The van der Waals surface area contributed by atoms with Gasteiger partial charge in [0.05, 0.1) is 17.3 Å². The van der Waals surface area contributed by atoms with E-state index in [4.69, 9.17) is 20.1 Å². The average molecular weight is 251 g/mol. The Morgan fingerprint density at radius 2 is 2.11 bits per heavy atom. The van der Waals surface area contributed by atoms with E-state index in [1.807, 2.05) is 24.3 Å². The van der Waals surface area contributed by atoms with Crippen LogP contribution >= 0.6 is 0 Å². The summed E-state index contributed by atoms with van der Waals surface area (Å²) >= 11 is 0. The highest BCUT2D eigenvalue weighted by Gasteiger charge is 2.16. The average Bonchev–Trinajstić information content (AvgIpc) is 2.79. The van der Waals surface area contributed by atoms with Crippen LogP contribution in [0.25, 0.3) is 11.0 Å². The fraction of sp³-hybridized carbons (Fsp3) is 0. The van der Waals surface area contributed by atoms with Crippen molar-refractivity contribution in [3.63, 3.8) is 0 Å². The Morgan fingerprint density at radius 3 is 2.89 bits per heavy atom. The number of furan rings is 1. The van der Waals surface area contributed by atoms with Gasteiger partial charge in [-0.05, 0) is 12.1 Å². The van der Waals surface area contributed by atoms with Crippen LogP contribution in [0.1, 0.15) is 5.76 Å². The number of benzene rings is 1. The van der Waals surface area contributed by atoms with Gasteiger partial charge in [0.2, 0.25) is 5.76 Å². The predicted molar refractivity (Wildman–Crippen MR) is 69.7 cm³/mol. The van der Waals surface area contributed by atoms with Gasteiger partial charge in [-0.15, -0.1) is 0 Å². The number of nitrogens with two attached hydrogens (primary N) is 1. The highest BCUT2D eigenvalue weighted by molar-refractivity contribution is 5.87. The van der Waals surface area contributed by atoms with Gasteiger partial charge in [-0.2, -0.15) is 5.26 Å². The van der Waals surface area contributed by atoms with Crippen LogP contribution in [0.5, 0.6) is 11.5 Å². The first-order valence-electron chi connectivity index (χ1n) is 5.58. The molecular weight excluding hydrogens is 242 g/mol. The molecular formula is C14H9N3O2. The van der Waals surface area contributed by atoms with Gasteiger partial charge in [0, 0.05) is 12.3 Å². The summed E-state index contributed by atoms with van der Waals surface area (Å²) in [5, 5.41) is 9.83. The number of ether oxygens (including phenoxy) is 1. The smallest absolute Gasteiger partial charge is 0.247 e. The summed E-state index contributed by atoms with van der Waals surface area (Å²) in [6.07, 6.45) is 3.06. The Labute approximate surface area is 108 Å². The fourth-order valence-electron chi connectivity index (χ4n) is 1.79. The maximum Gasteiger partial charge on any atom is 0.247 e. The zero-order valence-electron chi connectivity index (χ0n) is 9.83. The normalized spacial score (nSPS) is 10.3. The van der Waals surface area contributed by atoms with Gasteiger partial charge >= 0.3 is 0 Å². The number of rotatable bonds is 2. The van der Waals surface area contributed by atoms with Gasteiger partial charge in [-0.25, -0.2) is 0 Å². The first-order valence-corrected chi connectivity index (χ1v) is 5.58. The first-order chi connectivity index (χ1) is 9.29. The fourth-order valence-corrected chi connectivity index (χ4v) is 1.79. The number of para-hydroxylation sites is 1. The molecule has 0 saturated carbocycles. The highest BCUT2D eigenvalue weighted by atomic mass is 16.5. The Kier molecular flexibility index (Phi) is 2.54. The topological polar surface area (TPSA) is 85.1 Å². The van der Waals surface area contributed by atoms with Crippen LogP contribution in [-0.2, 0) is 0 Å². The zero-order valence-corrected chi connectivity index (χ0v) is 9.83. The molecule has 0 aliphatic carbocycles. The molecule has 5 heteroatoms. The van der Waals surface area contributed by atoms with Gasteiger partial charge < -0.3 is 14.9 Å². The molecule has 0 unspecified atom stereocenters. The summed E-state index contributed by atoms with van der Waals surface area (Å²) in [5.74, 6) is 0.937. The summed E-state index contributed by atoms with van der Waals surface area (Å²) in [5.41, 5.74) is 6.77. The van der Waals surface area contributed by atoms with E-state index in [1.165, 1.54) is 6.20 Å². The maximum absolute atomic E-state index is 9.10. The van der Waals surface area contributed by atoms with Crippen LogP contribution in [0.3, 0.4) is 0 Å². The van der Waals surface area contributed by atoms with E-state index in [-0.39, 0.29) is 5.76 Å². The van der Waals surface area contributed by atoms with Crippen molar-refractivity contribution in [3.8, 4) is 17.6 Å². The van der Waals surface area contributed by atoms with Gasteiger partial charge in [0.1, 0.15) is 11.7 Å². The lowest BCUT2D eigenvalue weighted by Crippen LogP contribution is -1.93. The Balaban J connectivity index is 2.15. The number of anilines is 1. The lowest BCUT2D eigenvalue weighted by Gasteiger charge is -2.06. The Bertz CT molecular complexity index is 787. The Morgan fingerprint density at radius 1 is 1.26 bits per heavy atom. The highest BCUT2D eigenvalue weighted by Crippen LogP contribution is 2.37. The molecule has 0 fully saturated rings. The van der Waals surface area contributed by atoms with Crippen molar-refractivity contribution in [2.24, 2.45) is 0 Å². The van der Waals surface area contributed by atoms with Gasteiger partial charge in [-0.3, -0.25) is 4.98 Å². The van der Waals surface area contributed by atoms with E-state index >= 15 is 0 Å². The lowest BCUT2D eigenvalue weighted by molar-refractivity contribution is 0.468. The molecule has 2 heterocycles. The summed E-state index contributed by atoms with van der Waals surface area (Å²) in [7, 11) is 0. The number of nitriles is 1. The number of pyridine rings is 1. The van der Waals surface area contributed by atoms with Crippen molar-refractivity contribution < 1.29 is 9.15 Å². The summed E-state index contributed by atoms with van der Waals surface area (Å²) in [6.45, 7) is 0. The van der Waals surface area contributed by atoms with Crippen LogP contribution in [0, 0.1) is 11.3 Å². The minimum Gasteiger partial charge on any atom is -0.450 e. The van der Waals surface area contributed by atoms with E-state index < -0.39 is 0 Å². The van der Waals surface area contributed by atoms with E-state index in [0.717, 1.165) is 5.39 Å². The van der Waals surface area contributed by atoms with Crippen molar-refractivity contribution in [1.29, 1.82) is 5.26 Å². The lowest BCUT2D eigenvalue weighted by atomic mass is 10.2. The second-order valence-corrected chi connectivity index (χ2v) is 3.88. The number of hydrogen-bond donors (Lipinski definition) is 1. The summed E-state index contributed by atoms with van der Waals surface area (Å²) in [4.78, 5) is 3.89. The van der Waals surface area contributed by atoms with Crippen LogP contribution < -0.4 is 10.5 Å². The van der Waals surface area contributed by atoms with E-state index in [9.17, 15) is 0 Å². The van der Waals surface area contributed by atoms with Crippen molar-refractivity contribution in [1.82, 2.24) is 4.98 Å². The summed E-state index contributed by atoms with van der Waals surface area (Å²) < 4.78 is 11.1. The molecule has 0 atom stereocenters. The molecule has 0 radical (unpaired) electrons. The monoisotopic (exact) mass is 251 g/mol. The third kappa shape index (κ3) is 1.85. The minimum absolute atomic E-state index is 0.123. The molecule has 3 rings (SSSR count). The van der Waals surface area contributed by atoms with Gasteiger partial charge in [0.25, 0.3) is 0 Å². The van der Waals surface area contributed by atoms with Crippen molar-refractivity contribution >= 4 is 16.7 Å². The molecule has 1 aromatic carbocycles. The van der Waals surface area contributed by atoms with Crippen LogP contribution in [0.2, 0.25) is 0 Å². The molecule has 2 aromatic heterocycles. The predicted octanol–water partition coefficient (Wildman–Crippen LogP) is 3.07. The molecule has 0 aliphatic rings. The standard InChI is InChI=1S/C14H9N3O2/c15-7-13-14(9-3-1-2-4-11(9)18-13)19-12-5-6-17-8-10(12)16/h1-6,8H,16H2. The first kappa shape index (κ1) is 11.1. The van der Waals surface area contributed by atoms with Gasteiger partial charge in [-0.1, -0.05) is 12.1 Å². The number of aromatic nitrogens is 1. The minimum atomic E-state index is 0.123. The van der Waals surface area contributed by atoms with Crippen molar-refractivity contribution in [3.05, 3.63) is 48.5 Å². The second-order valence-electron chi connectivity index (χ2n) is 3.88. The van der Waals surface area contributed by atoms with Gasteiger partial charge in [0.15, 0.2) is 11.5 Å². The third-order valence-corrected chi connectivity index (χ3v) is 2.67. The maximum atomic E-state index is 9.10. The molecule has 0 saturated heterocycles. The SMILES string of the molecule is N#Cc1oc2ccccc2c1Oc1ccncc1N. The quantitative estimate of drug-likeness (QED) is 0.756. The molecule has 0 spiro atoms. The van der Waals surface area contributed by atoms with E-state index in [0.29, 0.717) is 22.8 Å². The van der Waals surface area contributed by atoms with Crippen molar-refractivity contribution in [2.75, 3.05) is 5.73 Å². The molecule has 0 bridgehead atoms. The van der Waals surface area contributed by atoms with Crippen molar-refractivity contribution in [2.45, 2.75) is 0 Å². The number of hydrogen-bond acceptors (Lipinski definition) is 5. The van der Waals surface area contributed by atoms with Crippen LogP contribution in [0.15, 0.2) is 47.1 Å². The number of fused-ring (bicyclic) bond motifs is 1. The molecule has 19 heavy (non-hydrogen) atoms. The zero-order chi connectivity index (χ0) is 13.2. The number of nitrogen functional groups attached to an aromatic ring is 1. The largest absolute Gasteiger partial charge is 0.450 e. The second kappa shape index (κ2) is 4.35.